The summed E-state index contributed by atoms with van der Waals surface area (Å²) in [7, 11) is -8.74. The van der Waals surface area contributed by atoms with Crippen molar-refractivity contribution in [2.45, 2.75) is 35.6 Å². The summed E-state index contributed by atoms with van der Waals surface area (Å²) in [6.07, 6.45) is 0.877. The highest BCUT2D eigenvalue weighted by Gasteiger charge is 2.55. The van der Waals surface area contributed by atoms with Crippen LogP contribution >= 0.6 is 10.3 Å². The summed E-state index contributed by atoms with van der Waals surface area (Å²) >= 11 is 0. The summed E-state index contributed by atoms with van der Waals surface area (Å²) < 4.78 is 79.3. The zero-order chi connectivity index (χ0) is 20.4. The Morgan fingerprint density at radius 2 is 1.86 bits per heavy atom. The number of alkyl halides is 3. The Hall–Kier alpha value is -1.33. The van der Waals surface area contributed by atoms with Crippen LogP contribution < -0.4 is 0 Å². The molecule has 1 aliphatic rings. The van der Waals surface area contributed by atoms with Gasteiger partial charge in [0.15, 0.2) is 0 Å². The Bertz CT molecular complexity index is 927. The molecule has 28 heavy (non-hydrogen) atoms. The first-order valence-electron chi connectivity index (χ1n) is 8.70. The number of hydrogen-bond acceptors (Lipinski definition) is 5. The molecule has 0 N–H and O–H groups in total. The molecule has 5 nitrogen and oxygen atoms in total. The van der Waals surface area contributed by atoms with Crippen LogP contribution in [0.25, 0.3) is 10.8 Å². The number of halogens is 3. The highest BCUT2D eigenvalue weighted by atomic mass is 32.3. The van der Waals surface area contributed by atoms with Gasteiger partial charge in [-0.3, -0.25) is 0 Å². The summed E-state index contributed by atoms with van der Waals surface area (Å²) in [4.78, 5) is 0.442. The molecule has 0 radical (unpaired) electrons. The molecular formula is C18H21F3O5S2. The Balaban J connectivity index is 2.14. The van der Waals surface area contributed by atoms with E-state index in [4.69, 9.17) is 13.1 Å². The lowest BCUT2D eigenvalue weighted by Crippen LogP contribution is -2.31. The van der Waals surface area contributed by atoms with Gasteiger partial charge in [-0.05, 0) is 36.6 Å². The second-order valence-corrected chi connectivity index (χ2v) is 11.0. The molecule has 10 heteroatoms. The molecule has 2 aromatic rings. The van der Waals surface area contributed by atoms with E-state index in [-0.39, 0.29) is 12.5 Å². The number of fused-ring (bicyclic) bond motifs is 1. The second-order valence-electron chi connectivity index (χ2n) is 6.22. The molecule has 0 aliphatic carbocycles. The van der Waals surface area contributed by atoms with E-state index in [9.17, 15) is 21.6 Å². The molecule has 1 saturated heterocycles. The van der Waals surface area contributed by atoms with Crippen molar-refractivity contribution in [2.75, 3.05) is 19.2 Å². The van der Waals surface area contributed by atoms with Crippen molar-refractivity contribution in [1.82, 2.24) is 0 Å². The van der Waals surface area contributed by atoms with Gasteiger partial charge in [0.25, 0.3) is 0 Å². The van der Waals surface area contributed by atoms with E-state index >= 15 is 0 Å². The number of hydrogen-bond donors (Lipinski definition) is 0. The topological polar surface area (TPSA) is 61.8 Å². The van der Waals surface area contributed by atoms with Crippen LogP contribution in [0.15, 0.2) is 47.4 Å². The largest absolute Gasteiger partial charge is 0.523 e. The number of rotatable bonds is 7. The van der Waals surface area contributed by atoms with Gasteiger partial charge in [-0.25, -0.2) is 3.63 Å². The maximum atomic E-state index is 13.2. The van der Waals surface area contributed by atoms with E-state index in [0.717, 1.165) is 5.39 Å². The first kappa shape index (κ1) is 21.4. The quantitative estimate of drug-likeness (QED) is 0.349. The third kappa shape index (κ3) is 4.02. The molecule has 2 aromatic carbocycles. The van der Waals surface area contributed by atoms with Gasteiger partial charge < -0.3 is 9.47 Å². The molecule has 0 aromatic heterocycles. The first-order valence-corrected chi connectivity index (χ1v) is 11.9. The molecular weight excluding hydrogens is 417 g/mol. The zero-order valence-corrected chi connectivity index (χ0v) is 16.8. The van der Waals surface area contributed by atoms with Gasteiger partial charge in [-0.15, -0.1) is 0 Å². The third-order valence-electron chi connectivity index (χ3n) is 4.47. The maximum absolute atomic E-state index is 13.2. The van der Waals surface area contributed by atoms with Crippen LogP contribution in [0.4, 0.5) is 13.2 Å². The van der Waals surface area contributed by atoms with Crippen molar-refractivity contribution >= 4 is 31.2 Å². The Morgan fingerprint density at radius 1 is 1.14 bits per heavy atom. The van der Waals surface area contributed by atoms with Gasteiger partial charge in [0.2, 0.25) is 0 Å². The molecule has 2 unspecified atom stereocenters. The minimum Gasteiger partial charge on any atom is -0.356 e. The van der Waals surface area contributed by atoms with Crippen LogP contribution in [0.5, 0.6) is 0 Å². The van der Waals surface area contributed by atoms with Gasteiger partial charge in [0.1, 0.15) is 12.2 Å². The third-order valence-corrected chi connectivity index (χ3v) is 9.94. The lowest BCUT2D eigenvalue weighted by molar-refractivity contribution is -0.0626. The normalized spacial score (nSPS) is 25.6. The second kappa shape index (κ2) is 8.19. The molecule has 0 saturated carbocycles. The Morgan fingerprint density at radius 3 is 2.57 bits per heavy atom. The summed E-state index contributed by atoms with van der Waals surface area (Å²) in [6.45, 7) is 1.98. The molecule has 0 amide bonds. The van der Waals surface area contributed by atoms with Crippen LogP contribution in [-0.4, -0.2) is 38.5 Å². The van der Waals surface area contributed by atoms with Gasteiger partial charge >= 0.3 is 15.6 Å². The van der Waals surface area contributed by atoms with Crippen LogP contribution in [-0.2, 0) is 23.2 Å². The predicted molar refractivity (Wildman–Crippen MR) is 101 cm³/mol. The van der Waals surface area contributed by atoms with Gasteiger partial charge in [-0.1, -0.05) is 46.7 Å². The van der Waals surface area contributed by atoms with Crippen LogP contribution in [0.1, 0.15) is 19.8 Å². The molecule has 1 fully saturated rings. The lowest BCUT2D eigenvalue weighted by Gasteiger charge is -2.40. The Kier molecular flexibility index (Phi) is 6.26. The van der Waals surface area contributed by atoms with E-state index in [0.29, 0.717) is 29.7 Å². The van der Waals surface area contributed by atoms with Gasteiger partial charge in [-0.2, -0.15) is 21.6 Å². The number of benzene rings is 2. The van der Waals surface area contributed by atoms with Gasteiger partial charge in [0, 0.05) is 17.3 Å². The highest BCUT2D eigenvalue weighted by Crippen LogP contribution is 2.69. The first-order chi connectivity index (χ1) is 13.2. The minimum atomic E-state index is -5.80. The van der Waals surface area contributed by atoms with E-state index in [1.807, 2.05) is 12.1 Å². The van der Waals surface area contributed by atoms with Crippen LogP contribution in [0, 0.1) is 0 Å². The van der Waals surface area contributed by atoms with Crippen molar-refractivity contribution < 1.29 is 34.7 Å². The SMILES string of the molecule is CCOCOC1CCCS1(OS(=O)(=O)C(F)(F)F)c1cccc2ccccc12. The predicted octanol–water partition coefficient (Wildman–Crippen LogP) is 4.92. The molecule has 156 valence electrons. The number of ether oxygens (including phenoxy) is 2. The minimum absolute atomic E-state index is 0.143. The molecule has 0 bridgehead atoms. The Labute approximate surface area is 163 Å². The van der Waals surface area contributed by atoms with E-state index in [1.54, 1.807) is 37.3 Å². The fourth-order valence-electron chi connectivity index (χ4n) is 3.25. The lowest BCUT2D eigenvalue weighted by atomic mass is 10.1. The highest BCUT2D eigenvalue weighted by molar-refractivity contribution is 8.33. The van der Waals surface area contributed by atoms with Crippen molar-refractivity contribution in [1.29, 1.82) is 0 Å². The van der Waals surface area contributed by atoms with Crippen molar-refractivity contribution in [2.24, 2.45) is 0 Å². The van der Waals surface area contributed by atoms with Crippen molar-refractivity contribution in [3.63, 3.8) is 0 Å². The van der Waals surface area contributed by atoms with E-state index < -0.39 is 31.4 Å². The summed E-state index contributed by atoms with van der Waals surface area (Å²) in [6, 6.07) is 12.3. The molecule has 0 spiro atoms. The molecule has 2 atom stereocenters. The standard InChI is InChI=1S/C18H21F3O5S2/c1-2-24-13-25-17-11-6-12-27(17,26-28(22,23)18(19,20)21)16-10-5-8-14-7-3-4-9-15(14)16/h3-5,7-10,17H,2,6,11-13H2,1H3. The van der Waals surface area contributed by atoms with Crippen molar-refractivity contribution in [3.05, 3.63) is 42.5 Å². The average molecular weight is 438 g/mol. The van der Waals surface area contributed by atoms with Crippen LogP contribution in [0.3, 0.4) is 0 Å². The zero-order valence-electron chi connectivity index (χ0n) is 15.1. The molecule has 3 rings (SSSR count). The van der Waals surface area contributed by atoms with Gasteiger partial charge in [0.05, 0.1) is 0 Å². The summed E-state index contributed by atoms with van der Waals surface area (Å²) in [5.41, 5.74) is -6.33. The summed E-state index contributed by atoms with van der Waals surface area (Å²) in [5, 5.41) is 1.44. The fraction of sp³-hybridized carbons (Fsp3) is 0.444. The summed E-state index contributed by atoms with van der Waals surface area (Å²) in [5.74, 6) is 0.160. The van der Waals surface area contributed by atoms with E-state index in [1.165, 1.54) is 0 Å². The average Bonchev–Trinajstić information content (AvgIpc) is 3.03. The monoisotopic (exact) mass is 438 g/mol. The molecule has 1 aliphatic heterocycles. The van der Waals surface area contributed by atoms with Crippen LogP contribution in [0.2, 0.25) is 0 Å². The van der Waals surface area contributed by atoms with Crippen molar-refractivity contribution in [3.8, 4) is 0 Å². The molecule has 1 heterocycles. The maximum Gasteiger partial charge on any atom is 0.523 e. The fourth-order valence-corrected chi connectivity index (χ4v) is 8.80. The smallest absolute Gasteiger partial charge is 0.356 e. The van der Waals surface area contributed by atoms with E-state index in [2.05, 4.69) is 0 Å².